The maximum absolute atomic E-state index is 13.1. The Balaban J connectivity index is 1.82. The number of nitrogens with one attached hydrogen (secondary N) is 1. The van der Waals surface area contributed by atoms with E-state index in [9.17, 15) is 21.6 Å². The Bertz CT molecular complexity index is 1240. The minimum absolute atomic E-state index is 0.118. The standard InChI is InChI=1S/C23H31N3O6S2/c1-5-22(26(33(4,28)29)20-9-6-17(2)18(3)16-20)23(27)24-19-7-10-21(11-8-19)34(30,31)25-12-14-32-15-13-25/h6-11,16,22H,5,12-15H2,1-4H3,(H,24,27)/t22-/m1/s1. The summed E-state index contributed by atoms with van der Waals surface area (Å²) >= 11 is 0. The van der Waals surface area contributed by atoms with E-state index < -0.39 is 32.0 Å². The molecule has 1 saturated heterocycles. The summed E-state index contributed by atoms with van der Waals surface area (Å²) in [6.07, 6.45) is 1.32. The van der Waals surface area contributed by atoms with Gasteiger partial charge in [-0.05, 0) is 67.8 Å². The fourth-order valence-corrected chi connectivity index (χ4v) is 6.41. The topological polar surface area (TPSA) is 113 Å². The number of nitrogens with zero attached hydrogens (tertiary/aromatic N) is 2. The van der Waals surface area contributed by atoms with E-state index in [1.54, 1.807) is 19.1 Å². The van der Waals surface area contributed by atoms with Crippen LogP contribution >= 0.6 is 0 Å². The van der Waals surface area contributed by atoms with Gasteiger partial charge in [0, 0.05) is 18.8 Å². The molecule has 1 N–H and O–H groups in total. The number of ether oxygens (including phenoxy) is 1. The first-order chi connectivity index (χ1) is 15.9. The zero-order valence-electron chi connectivity index (χ0n) is 19.8. The van der Waals surface area contributed by atoms with Gasteiger partial charge < -0.3 is 10.1 Å². The van der Waals surface area contributed by atoms with Crippen molar-refractivity contribution in [2.24, 2.45) is 0 Å². The van der Waals surface area contributed by atoms with E-state index in [-0.39, 0.29) is 11.3 Å². The Morgan fingerprint density at radius 3 is 2.18 bits per heavy atom. The van der Waals surface area contributed by atoms with E-state index in [0.717, 1.165) is 21.7 Å². The lowest BCUT2D eigenvalue weighted by atomic mass is 10.1. The number of hydrogen-bond donors (Lipinski definition) is 1. The molecule has 1 aliphatic rings. The molecule has 0 aromatic heterocycles. The number of anilines is 2. The highest BCUT2D eigenvalue weighted by atomic mass is 32.2. The van der Waals surface area contributed by atoms with Gasteiger partial charge >= 0.3 is 0 Å². The van der Waals surface area contributed by atoms with E-state index in [4.69, 9.17) is 4.74 Å². The van der Waals surface area contributed by atoms with Crippen LogP contribution in [0.25, 0.3) is 0 Å². The Morgan fingerprint density at radius 2 is 1.65 bits per heavy atom. The van der Waals surface area contributed by atoms with Crippen LogP contribution in [-0.4, -0.2) is 65.6 Å². The molecule has 11 heteroatoms. The Labute approximate surface area is 201 Å². The Hall–Kier alpha value is -2.47. The van der Waals surface area contributed by atoms with E-state index in [2.05, 4.69) is 5.32 Å². The van der Waals surface area contributed by atoms with Crippen molar-refractivity contribution < 1.29 is 26.4 Å². The summed E-state index contributed by atoms with van der Waals surface area (Å²) < 4.78 is 58.6. The van der Waals surface area contributed by atoms with Crippen molar-refractivity contribution in [1.82, 2.24) is 4.31 Å². The van der Waals surface area contributed by atoms with Gasteiger partial charge in [-0.1, -0.05) is 13.0 Å². The summed E-state index contributed by atoms with van der Waals surface area (Å²) in [6.45, 7) is 6.83. The highest BCUT2D eigenvalue weighted by Crippen LogP contribution is 2.26. The van der Waals surface area contributed by atoms with Crippen LogP contribution in [0.1, 0.15) is 24.5 Å². The quantitative estimate of drug-likeness (QED) is 0.585. The van der Waals surface area contributed by atoms with Crippen molar-refractivity contribution >= 4 is 37.3 Å². The van der Waals surface area contributed by atoms with E-state index in [0.29, 0.717) is 37.7 Å². The van der Waals surface area contributed by atoms with Gasteiger partial charge in [-0.25, -0.2) is 16.8 Å². The van der Waals surface area contributed by atoms with Crippen LogP contribution in [0, 0.1) is 13.8 Å². The second-order valence-electron chi connectivity index (χ2n) is 8.28. The predicted octanol–water partition coefficient (Wildman–Crippen LogP) is 2.51. The molecule has 1 heterocycles. The molecular formula is C23H31N3O6S2. The van der Waals surface area contributed by atoms with E-state index in [1.807, 2.05) is 19.9 Å². The number of amides is 1. The largest absolute Gasteiger partial charge is 0.379 e. The van der Waals surface area contributed by atoms with Crippen molar-refractivity contribution in [2.45, 2.75) is 38.1 Å². The molecule has 1 atom stereocenters. The summed E-state index contributed by atoms with van der Waals surface area (Å²) in [5.74, 6) is -0.505. The molecule has 2 aromatic carbocycles. The first-order valence-corrected chi connectivity index (χ1v) is 14.3. The highest BCUT2D eigenvalue weighted by Gasteiger charge is 2.32. The van der Waals surface area contributed by atoms with Crippen molar-refractivity contribution in [3.8, 4) is 0 Å². The summed E-state index contributed by atoms with van der Waals surface area (Å²) in [6, 6.07) is 10.1. The minimum atomic E-state index is -3.76. The van der Waals surface area contributed by atoms with Crippen LogP contribution in [-0.2, 0) is 29.6 Å². The number of aryl methyl sites for hydroxylation is 2. The predicted molar refractivity (Wildman–Crippen MR) is 132 cm³/mol. The number of carbonyl (C=O) groups is 1. The molecule has 0 bridgehead atoms. The van der Waals surface area contributed by atoms with Gasteiger partial charge in [0.15, 0.2) is 0 Å². The average Bonchev–Trinajstić information content (AvgIpc) is 2.79. The first kappa shape index (κ1) is 26.1. The SMILES string of the molecule is CC[C@H](C(=O)Nc1ccc(S(=O)(=O)N2CCOCC2)cc1)N(c1ccc(C)c(C)c1)S(C)(=O)=O. The lowest BCUT2D eigenvalue weighted by Gasteiger charge is -2.30. The van der Waals surface area contributed by atoms with Crippen LogP contribution in [0.5, 0.6) is 0 Å². The molecule has 0 spiro atoms. The average molecular weight is 510 g/mol. The molecule has 0 unspecified atom stereocenters. The van der Waals surface area contributed by atoms with Crippen LogP contribution < -0.4 is 9.62 Å². The van der Waals surface area contributed by atoms with Gasteiger partial charge in [0.1, 0.15) is 6.04 Å². The van der Waals surface area contributed by atoms with E-state index in [1.165, 1.54) is 28.6 Å². The molecule has 0 saturated carbocycles. The van der Waals surface area contributed by atoms with Gasteiger partial charge in [0.25, 0.3) is 0 Å². The maximum Gasteiger partial charge on any atom is 0.248 e. The lowest BCUT2D eigenvalue weighted by molar-refractivity contribution is -0.117. The number of rotatable bonds is 8. The summed E-state index contributed by atoms with van der Waals surface area (Å²) in [7, 11) is -7.41. The fraction of sp³-hybridized carbons (Fsp3) is 0.435. The number of benzene rings is 2. The fourth-order valence-electron chi connectivity index (χ4n) is 3.79. The number of hydrogen-bond acceptors (Lipinski definition) is 6. The second-order valence-corrected chi connectivity index (χ2v) is 12.1. The van der Waals surface area contributed by atoms with Crippen molar-refractivity contribution in [3.05, 3.63) is 53.6 Å². The normalized spacial score (nSPS) is 16.1. The highest BCUT2D eigenvalue weighted by molar-refractivity contribution is 7.92. The van der Waals surface area contributed by atoms with Gasteiger partial charge in [0.2, 0.25) is 26.0 Å². The molecular weight excluding hydrogens is 478 g/mol. The Morgan fingerprint density at radius 1 is 1.03 bits per heavy atom. The van der Waals surface area contributed by atoms with Gasteiger partial charge in [-0.15, -0.1) is 0 Å². The third kappa shape index (κ3) is 5.77. The number of morpholine rings is 1. The molecule has 2 aromatic rings. The van der Waals surface area contributed by atoms with Crippen molar-refractivity contribution in [1.29, 1.82) is 0 Å². The molecule has 0 aliphatic carbocycles. The number of sulfonamides is 2. The molecule has 0 radical (unpaired) electrons. The Kier molecular flexibility index (Phi) is 8.02. The zero-order chi connectivity index (χ0) is 25.1. The molecule has 186 valence electrons. The molecule has 1 aliphatic heterocycles. The third-order valence-corrected chi connectivity index (χ3v) is 8.90. The van der Waals surface area contributed by atoms with Gasteiger partial charge in [0.05, 0.1) is 30.1 Å². The van der Waals surface area contributed by atoms with Crippen molar-refractivity contribution in [2.75, 3.05) is 42.2 Å². The first-order valence-electron chi connectivity index (χ1n) is 11.0. The molecule has 1 amide bonds. The summed E-state index contributed by atoms with van der Waals surface area (Å²) in [5.41, 5.74) is 2.72. The molecule has 1 fully saturated rings. The van der Waals surface area contributed by atoms with Crippen LogP contribution in [0.15, 0.2) is 47.4 Å². The van der Waals surface area contributed by atoms with Crippen LogP contribution in [0.2, 0.25) is 0 Å². The van der Waals surface area contributed by atoms with Crippen LogP contribution in [0.3, 0.4) is 0 Å². The van der Waals surface area contributed by atoms with E-state index >= 15 is 0 Å². The minimum Gasteiger partial charge on any atom is -0.379 e. The molecule has 34 heavy (non-hydrogen) atoms. The zero-order valence-corrected chi connectivity index (χ0v) is 21.4. The maximum atomic E-state index is 13.1. The van der Waals surface area contributed by atoms with Gasteiger partial charge in [-0.2, -0.15) is 4.31 Å². The third-order valence-electron chi connectivity index (χ3n) is 5.80. The molecule has 9 nitrogen and oxygen atoms in total. The summed E-state index contributed by atoms with van der Waals surface area (Å²) in [5, 5.41) is 2.73. The molecule has 3 rings (SSSR count). The number of carbonyl (C=O) groups excluding carboxylic acids is 1. The lowest BCUT2D eigenvalue weighted by Crippen LogP contribution is -2.47. The monoisotopic (exact) mass is 509 g/mol. The summed E-state index contributed by atoms with van der Waals surface area (Å²) in [4.78, 5) is 13.2. The second kappa shape index (κ2) is 10.4. The van der Waals surface area contributed by atoms with Crippen LogP contribution in [0.4, 0.5) is 11.4 Å². The van der Waals surface area contributed by atoms with Crippen molar-refractivity contribution in [3.63, 3.8) is 0 Å². The smallest absolute Gasteiger partial charge is 0.248 e. The van der Waals surface area contributed by atoms with Gasteiger partial charge in [-0.3, -0.25) is 9.10 Å².